The Balaban J connectivity index is 2.69. The summed E-state index contributed by atoms with van der Waals surface area (Å²) in [6, 6.07) is 2.71. The quantitative estimate of drug-likeness (QED) is 0.134. The molecule has 0 saturated carbocycles. The Morgan fingerprint density at radius 2 is 0.930 bits per heavy atom. The molecule has 0 bridgehead atoms. The van der Waals surface area contributed by atoms with Gasteiger partial charge in [0.1, 0.15) is 23.0 Å². The number of hydrogen-bond acceptors (Lipinski definition) is 3. The highest BCUT2D eigenvalue weighted by Crippen LogP contribution is 2.39. The average Bonchev–Trinajstić information content (AvgIpc) is 2.88. The van der Waals surface area contributed by atoms with Crippen molar-refractivity contribution in [3.8, 4) is 11.5 Å². The molecule has 3 nitrogen and oxygen atoms in total. The molecular weight excluding hydrogens is 610 g/mol. The smallest absolute Gasteiger partial charge is 0.400 e. The van der Waals surface area contributed by atoms with E-state index in [2.05, 4.69) is 13.8 Å². The Kier molecular flexibility index (Phi) is 14.3. The van der Waals surface area contributed by atoms with Gasteiger partial charge < -0.3 is 4.74 Å². The molecule has 0 saturated heterocycles. The predicted molar refractivity (Wildman–Crippen MR) is 162 cm³/mol. The van der Waals surface area contributed by atoms with E-state index in [0.29, 0.717) is 35.1 Å². The maximum Gasteiger partial charge on any atom is 0.400 e. The van der Waals surface area contributed by atoms with E-state index in [1.54, 1.807) is 27.7 Å². The van der Waals surface area contributed by atoms with Crippen LogP contribution < -0.4 is 4.74 Å². The van der Waals surface area contributed by atoms with Crippen molar-refractivity contribution in [1.82, 2.24) is 0 Å². The lowest BCUT2D eigenvalue weighted by molar-refractivity contribution is -0.106. The van der Waals surface area contributed by atoms with Gasteiger partial charge in [-0.1, -0.05) is 52.4 Å². The summed E-state index contributed by atoms with van der Waals surface area (Å²) in [6.07, 6.45) is -0.714. The van der Waals surface area contributed by atoms with Crippen molar-refractivity contribution >= 4 is 21.6 Å². The van der Waals surface area contributed by atoms with Gasteiger partial charge in [0.2, 0.25) is 0 Å². The lowest BCUT2D eigenvalue weighted by Gasteiger charge is -2.22. The molecule has 2 atom stereocenters. The summed E-state index contributed by atoms with van der Waals surface area (Å²) in [5.74, 6) is -2.62. The first kappa shape index (κ1) is 37.3. The van der Waals surface area contributed by atoms with Crippen LogP contribution in [0.15, 0.2) is 21.9 Å². The Labute approximate surface area is 257 Å². The lowest BCUT2D eigenvalue weighted by atomic mass is 9.95. The van der Waals surface area contributed by atoms with Crippen LogP contribution in [0.5, 0.6) is 11.5 Å². The molecule has 11 heteroatoms. The molecule has 2 aromatic rings. The maximum atomic E-state index is 13.2. The molecule has 0 spiro atoms. The number of benzene rings is 2. The highest BCUT2D eigenvalue weighted by molar-refractivity contribution is 7.85. The molecule has 0 amide bonds. The van der Waals surface area contributed by atoms with Crippen molar-refractivity contribution in [1.29, 1.82) is 0 Å². The molecule has 0 fully saturated rings. The molecule has 0 heterocycles. The molecule has 2 unspecified atom stereocenters. The van der Waals surface area contributed by atoms with Crippen LogP contribution in [0, 0.1) is 27.7 Å². The number of hydrogen-bond donors (Lipinski definition) is 0. The number of unbranched alkanes of at least 4 members (excludes halogenated alkanes) is 6. The van der Waals surface area contributed by atoms with Gasteiger partial charge in [0, 0.05) is 9.79 Å². The fourth-order valence-electron chi connectivity index (χ4n) is 5.29. The monoisotopic (exact) mass is 654 g/mol. The number of rotatable bonds is 16. The summed E-state index contributed by atoms with van der Waals surface area (Å²) < 4.78 is 112. The van der Waals surface area contributed by atoms with Crippen molar-refractivity contribution < 1.29 is 39.5 Å². The van der Waals surface area contributed by atoms with Gasteiger partial charge >= 0.3 is 12.4 Å². The maximum absolute atomic E-state index is 13.2. The third-order valence-corrected chi connectivity index (χ3v) is 10.7. The molecule has 0 radical (unpaired) electrons. The Morgan fingerprint density at radius 1 is 0.581 bits per heavy atom. The van der Waals surface area contributed by atoms with Crippen molar-refractivity contribution in [3.05, 3.63) is 45.5 Å². The fourth-order valence-corrected chi connectivity index (χ4v) is 7.60. The van der Waals surface area contributed by atoms with Gasteiger partial charge in [-0.2, -0.15) is 26.3 Å². The molecule has 2 aromatic carbocycles. The van der Waals surface area contributed by atoms with Gasteiger partial charge in [-0.3, -0.25) is 8.42 Å². The SMILES string of the molecule is CCCCCCc1c(C)c(Oc2cc(S(=O)CC(F)(F)F)c(C)c(CCCCCC)c2C)cc(S(=O)CC(F)(F)F)c1C. The number of ether oxygens (including phenoxy) is 1. The van der Waals surface area contributed by atoms with Crippen LogP contribution in [0.4, 0.5) is 26.3 Å². The molecule has 0 aromatic heterocycles. The molecule has 0 aliphatic rings. The molecule has 43 heavy (non-hydrogen) atoms. The van der Waals surface area contributed by atoms with E-state index in [0.717, 1.165) is 62.5 Å². The van der Waals surface area contributed by atoms with Crippen molar-refractivity contribution in [2.45, 2.75) is 128 Å². The van der Waals surface area contributed by atoms with Crippen molar-refractivity contribution in [2.24, 2.45) is 0 Å². The van der Waals surface area contributed by atoms with Crippen LogP contribution in [0.1, 0.15) is 98.6 Å². The predicted octanol–water partition coefficient (Wildman–Crippen LogP) is 10.3. The van der Waals surface area contributed by atoms with Crippen molar-refractivity contribution in [3.63, 3.8) is 0 Å². The molecular formula is C32H44F6O3S2. The van der Waals surface area contributed by atoms with E-state index in [4.69, 9.17) is 4.74 Å². The van der Waals surface area contributed by atoms with Gasteiger partial charge in [0.25, 0.3) is 0 Å². The summed E-state index contributed by atoms with van der Waals surface area (Å²) in [6.45, 7) is 11.0. The highest BCUT2D eigenvalue weighted by Gasteiger charge is 2.34. The second-order valence-electron chi connectivity index (χ2n) is 11.1. The third-order valence-electron chi connectivity index (χ3n) is 7.67. The molecule has 0 N–H and O–H groups in total. The standard InChI is InChI=1S/C32H44F6O3S2/c1-7-9-11-13-15-25-21(3)27(17-29(23(25)5)42(39)19-31(33,34)35)41-28-18-30(43(40)20-32(36,37)38)24(6)26(22(28)4)16-14-12-10-8-2/h17-18H,7-16,19-20H2,1-6H3. The number of halogens is 6. The van der Waals surface area contributed by atoms with Crippen LogP contribution in [0.25, 0.3) is 0 Å². The first-order valence-corrected chi connectivity index (χ1v) is 17.5. The Bertz CT molecular complexity index is 1190. The van der Waals surface area contributed by atoms with Crippen LogP contribution in [0.3, 0.4) is 0 Å². The minimum Gasteiger partial charge on any atom is -0.457 e. The fraction of sp³-hybridized carbons (Fsp3) is 0.625. The van der Waals surface area contributed by atoms with Gasteiger partial charge in [-0.15, -0.1) is 0 Å². The van der Waals surface area contributed by atoms with E-state index in [9.17, 15) is 34.8 Å². The number of alkyl halides is 6. The van der Waals surface area contributed by atoms with Gasteiger partial charge in [-0.25, -0.2) is 0 Å². The summed E-state index contributed by atoms with van der Waals surface area (Å²) in [4.78, 5) is 0.0442. The minimum absolute atomic E-state index is 0.0221. The minimum atomic E-state index is -4.64. The Morgan fingerprint density at radius 3 is 1.23 bits per heavy atom. The largest absolute Gasteiger partial charge is 0.457 e. The van der Waals surface area contributed by atoms with Crippen LogP contribution in [-0.4, -0.2) is 32.3 Å². The zero-order chi connectivity index (χ0) is 32.5. The van der Waals surface area contributed by atoms with Crippen LogP contribution >= 0.6 is 0 Å². The zero-order valence-electron chi connectivity index (χ0n) is 25.9. The second-order valence-corrected chi connectivity index (χ2v) is 14.0. The first-order chi connectivity index (χ1) is 20.0. The second kappa shape index (κ2) is 16.4. The Hall–Kier alpha value is -1.88. The van der Waals surface area contributed by atoms with Crippen molar-refractivity contribution in [2.75, 3.05) is 11.5 Å². The summed E-state index contributed by atoms with van der Waals surface area (Å²) in [5.41, 5.74) is 3.89. The summed E-state index contributed by atoms with van der Waals surface area (Å²) >= 11 is 0. The van der Waals surface area contributed by atoms with E-state index in [1.807, 2.05) is 0 Å². The normalized spacial score (nSPS) is 13.8. The topological polar surface area (TPSA) is 43.4 Å². The highest BCUT2D eigenvalue weighted by atomic mass is 32.2. The van der Waals surface area contributed by atoms with Crippen LogP contribution in [-0.2, 0) is 34.4 Å². The third kappa shape index (κ3) is 11.2. The molecule has 0 aliphatic carbocycles. The summed E-state index contributed by atoms with van der Waals surface area (Å²) in [5, 5.41) is 0. The lowest BCUT2D eigenvalue weighted by Crippen LogP contribution is -2.20. The van der Waals surface area contributed by atoms with E-state index in [1.165, 1.54) is 12.1 Å². The van der Waals surface area contributed by atoms with Gasteiger partial charge in [0.05, 0.1) is 21.6 Å². The van der Waals surface area contributed by atoms with E-state index >= 15 is 0 Å². The van der Waals surface area contributed by atoms with Gasteiger partial charge in [0.15, 0.2) is 0 Å². The molecule has 0 aliphatic heterocycles. The van der Waals surface area contributed by atoms with E-state index < -0.39 is 45.5 Å². The van der Waals surface area contributed by atoms with E-state index in [-0.39, 0.29) is 21.3 Å². The zero-order valence-corrected chi connectivity index (χ0v) is 27.6. The molecule has 2 rings (SSSR count). The molecule has 244 valence electrons. The van der Waals surface area contributed by atoms with Gasteiger partial charge in [-0.05, 0) is 98.9 Å². The summed E-state index contributed by atoms with van der Waals surface area (Å²) in [7, 11) is -4.76. The average molecular weight is 655 g/mol. The van der Waals surface area contributed by atoms with Crippen LogP contribution in [0.2, 0.25) is 0 Å². The first-order valence-electron chi connectivity index (χ1n) is 14.8.